The molecule has 0 saturated heterocycles. The third kappa shape index (κ3) is 8.59. The fourth-order valence-corrected chi connectivity index (χ4v) is 5.33. The van der Waals surface area contributed by atoms with Gasteiger partial charge in [-0.3, -0.25) is 14.1 Å². The average molecular weight is 505 g/mol. The van der Waals surface area contributed by atoms with Crippen LogP contribution < -0.4 is 0 Å². The molecular formula is C23H37O10P. The lowest BCUT2D eigenvalue weighted by molar-refractivity contribution is -0.159. The van der Waals surface area contributed by atoms with Crippen LogP contribution in [0.1, 0.15) is 59.3 Å². The Morgan fingerprint density at radius 1 is 1.29 bits per heavy atom. The smallest absolute Gasteiger partial charge is 0.469 e. The molecule has 0 radical (unpaired) electrons. The third-order valence-electron chi connectivity index (χ3n) is 6.71. The van der Waals surface area contributed by atoms with Crippen molar-refractivity contribution < 1.29 is 48.5 Å². The molecule has 0 aromatic carbocycles. The maximum absolute atomic E-state index is 12.5. The van der Waals surface area contributed by atoms with Crippen LogP contribution in [0.15, 0.2) is 23.8 Å². The van der Waals surface area contributed by atoms with Gasteiger partial charge < -0.3 is 29.8 Å². The third-order valence-corrected chi connectivity index (χ3v) is 7.28. The Balaban J connectivity index is 2.12. The number of fused-ring (bicyclic) bond motifs is 1. The van der Waals surface area contributed by atoms with Crippen LogP contribution >= 0.6 is 7.82 Å². The van der Waals surface area contributed by atoms with E-state index in [9.17, 15) is 24.4 Å². The second-order valence-corrected chi connectivity index (χ2v) is 10.6. The molecule has 0 fully saturated rings. The van der Waals surface area contributed by atoms with E-state index in [0.717, 1.165) is 5.57 Å². The zero-order valence-corrected chi connectivity index (χ0v) is 20.7. The van der Waals surface area contributed by atoms with Gasteiger partial charge in [-0.1, -0.05) is 39.0 Å². The minimum Gasteiger partial charge on any atom is -0.481 e. The molecule has 0 aliphatic heterocycles. The van der Waals surface area contributed by atoms with Crippen molar-refractivity contribution in [2.24, 2.45) is 23.7 Å². The number of carboxylic acids is 1. The summed E-state index contributed by atoms with van der Waals surface area (Å²) in [5.74, 6) is -1.95. The van der Waals surface area contributed by atoms with Crippen molar-refractivity contribution in [3.63, 3.8) is 0 Å². The molecule has 2 aliphatic rings. The van der Waals surface area contributed by atoms with Crippen molar-refractivity contribution in [3.8, 4) is 0 Å². The molecule has 0 unspecified atom stereocenters. The van der Waals surface area contributed by atoms with Gasteiger partial charge in [-0.05, 0) is 36.7 Å². The quantitative estimate of drug-likeness (QED) is 0.196. The highest BCUT2D eigenvalue weighted by atomic mass is 31.2. The van der Waals surface area contributed by atoms with Gasteiger partial charge >= 0.3 is 19.8 Å². The number of esters is 1. The number of rotatable bonds is 12. The van der Waals surface area contributed by atoms with Crippen molar-refractivity contribution in [2.75, 3.05) is 0 Å². The van der Waals surface area contributed by atoms with Gasteiger partial charge in [0.15, 0.2) is 0 Å². The molecule has 8 atom stereocenters. The number of carboxylic acid groups (broad SMARTS) is 1. The summed E-state index contributed by atoms with van der Waals surface area (Å²) in [5, 5.41) is 29.8. The van der Waals surface area contributed by atoms with Crippen LogP contribution in [0.5, 0.6) is 0 Å². The summed E-state index contributed by atoms with van der Waals surface area (Å²) >= 11 is 0. The summed E-state index contributed by atoms with van der Waals surface area (Å²) in [4.78, 5) is 41.6. The maximum Gasteiger partial charge on any atom is 0.469 e. The normalized spacial score (nSPS) is 29.5. The number of ether oxygens (including phenoxy) is 1. The number of aliphatic hydroxyl groups excluding tert-OH is 2. The van der Waals surface area contributed by atoms with E-state index in [1.54, 1.807) is 13.0 Å². The first kappa shape index (κ1) is 28.7. The molecule has 11 heteroatoms. The monoisotopic (exact) mass is 504 g/mol. The van der Waals surface area contributed by atoms with Crippen molar-refractivity contribution in [1.82, 2.24) is 0 Å². The van der Waals surface area contributed by atoms with Gasteiger partial charge in [0.1, 0.15) is 6.10 Å². The van der Waals surface area contributed by atoms with E-state index in [1.807, 2.05) is 26.0 Å². The van der Waals surface area contributed by atoms with Crippen LogP contribution in [0.25, 0.3) is 0 Å². The van der Waals surface area contributed by atoms with E-state index < -0.39 is 44.6 Å². The highest BCUT2D eigenvalue weighted by Crippen LogP contribution is 2.44. The molecule has 0 saturated carbocycles. The first-order valence-corrected chi connectivity index (χ1v) is 13.3. The number of carbonyl (C=O) groups is 2. The highest BCUT2D eigenvalue weighted by Gasteiger charge is 2.42. The molecule has 0 aromatic heterocycles. The Morgan fingerprint density at radius 2 is 1.97 bits per heavy atom. The van der Waals surface area contributed by atoms with E-state index in [1.165, 1.54) is 0 Å². The molecular weight excluding hydrogens is 467 g/mol. The van der Waals surface area contributed by atoms with E-state index in [4.69, 9.17) is 19.6 Å². The average Bonchev–Trinajstić information content (AvgIpc) is 2.70. The Hall–Kier alpha value is -1.55. The van der Waals surface area contributed by atoms with Gasteiger partial charge in [0.2, 0.25) is 0 Å². The number of allylic oxidation sites excluding steroid dienone is 2. The minimum absolute atomic E-state index is 0.0197. The fourth-order valence-electron chi connectivity index (χ4n) is 4.78. The summed E-state index contributed by atoms with van der Waals surface area (Å²) in [6.45, 7) is 5.71. The molecule has 0 spiro atoms. The summed E-state index contributed by atoms with van der Waals surface area (Å²) in [5.41, 5.74) is 0.881. The lowest BCUT2D eigenvalue weighted by Gasteiger charge is -2.43. The van der Waals surface area contributed by atoms with Crippen molar-refractivity contribution in [1.29, 1.82) is 0 Å². The molecule has 5 N–H and O–H groups in total. The first-order chi connectivity index (χ1) is 15.8. The second-order valence-electron chi connectivity index (χ2n) is 9.44. The Labute approximate surface area is 199 Å². The van der Waals surface area contributed by atoms with Crippen LogP contribution in [-0.4, -0.2) is 61.5 Å². The number of phosphoric ester groups is 1. The minimum atomic E-state index is -4.91. The number of hydrogen-bond acceptors (Lipinski definition) is 7. The van der Waals surface area contributed by atoms with E-state index in [-0.39, 0.29) is 48.9 Å². The highest BCUT2D eigenvalue weighted by molar-refractivity contribution is 7.46. The SMILES string of the molecule is CC[C@H](C)C(=O)O[C@H]1C[C@H](O)C=C2C=C[C@H](C)[C@H](CC[C@@H](O)C[C@H](CC(=O)O)OP(=O)(O)O)[C@H]21. The maximum atomic E-state index is 12.5. The van der Waals surface area contributed by atoms with Gasteiger partial charge in [-0.25, -0.2) is 4.57 Å². The number of aliphatic hydroxyl groups is 2. The number of carbonyl (C=O) groups excluding carboxylic acids is 1. The summed E-state index contributed by atoms with van der Waals surface area (Å²) in [7, 11) is -4.91. The van der Waals surface area contributed by atoms with Crippen molar-refractivity contribution in [2.45, 2.75) is 83.7 Å². The molecule has 2 aliphatic carbocycles. The fraction of sp³-hybridized carbons (Fsp3) is 0.739. The Morgan fingerprint density at radius 3 is 2.56 bits per heavy atom. The predicted octanol–water partition coefficient (Wildman–Crippen LogP) is 2.56. The Bertz CT molecular complexity index is 819. The van der Waals surface area contributed by atoms with E-state index in [2.05, 4.69) is 4.52 Å². The van der Waals surface area contributed by atoms with Crippen LogP contribution in [-0.2, 0) is 23.4 Å². The van der Waals surface area contributed by atoms with Gasteiger partial charge in [-0.15, -0.1) is 0 Å². The van der Waals surface area contributed by atoms with Crippen LogP contribution in [0.2, 0.25) is 0 Å². The lowest BCUT2D eigenvalue weighted by atomic mass is 9.66. The largest absolute Gasteiger partial charge is 0.481 e. The van der Waals surface area contributed by atoms with Gasteiger partial charge in [-0.2, -0.15) is 0 Å². The second kappa shape index (κ2) is 12.4. The molecule has 0 amide bonds. The predicted molar refractivity (Wildman–Crippen MR) is 122 cm³/mol. The zero-order chi connectivity index (χ0) is 25.6. The number of hydrogen-bond donors (Lipinski definition) is 5. The summed E-state index contributed by atoms with van der Waals surface area (Å²) in [6, 6.07) is 0. The molecule has 0 aromatic rings. The first-order valence-electron chi connectivity index (χ1n) is 11.7. The van der Waals surface area contributed by atoms with Gasteiger partial charge in [0.25, 0.3) is 0 Å². The van der Waals surface area contributed by atoms with Crippen LogP contribution in [0, 0.1) is 23.7 Å². The Kier molecular flexibility index (Phi) is 10.5. The molecule has 2 rings (SSSR count). The summed E-state index contributed by atoms with van der Waals surface area (Å²) < 4.78 is 21.5. The molecule has 0 bridgehead atoms. The standard InChI is InChI=1S/C23H37O10P/c1-4-13(2)23(28)32-20-11-17(25)9-15-6-5-14(3)19(22(15)20)8-7-16(24)10-18(12-21(26)27)33-34(29,30)31/h5-6,9,13-14,16-20,22,24-25H,4,7-8,10-12H2,1-3H3,(H,26,27)(H2,29,30,31)/t13-,14-,16+,17+,18+,19-,20-,22-/m0/s1. The number of aliphatic carboxylic acids is 1. The zero-order valence-electron chi connectivity index (χ0n) is 19.8. The summed E-state index contributed by atoms with van der Waals surface area (Å²) in [6.07, 6.45) is 2.86. The van der Waals surface area contributed by atoms with Crippen molar-refractivity contribution >= 4 is 19.8 Å². The van der Waals surface area contributed by atoms with Gasteiger partial charge in [0, 0.05) is 18.8 Å². The molecule has 10 nitrogen and oxygen atoms in total. The van der Waals surface area contributed by atoms with Crippen LogP contribution in [0.4, 0.5) is 0 Å². The van der Waals surface area contributed by atoms with Crippen molar-refractivity contribution in [3.05, 3.63) is 23.8 Å². The molecule has 0 heterocycles. The van der Waals surface area contributed by atoms with E-state index >= 15 is 0 Å². The topological polar surface area (TPSA) is 171 Å². The lowest BCUT2D eigenvalue weighted by Crippen LogP contribution is -2.43. The molecule has 34 heavy (non-hydrogen) atoms. The van der Waals surface area contributed by atoms with Crippen LogP contribution in [0.3, 0.4) is 0 Å². The molecule has 194 valence electrons. The van der Waals surface area contributed by atoms with Gasteiger partial charge in [0.05, 0.1) is 30.7 Å². The van der Waals surface area contributed by atoms with E-state index in [0.29, 0.717) is 12.8 Å². The number of phosphoric acid groups is 1.